The van der Waals surface area contributed by atoms with E-state index in [-0.39, 0.29) is 25.0 Å². The molecule has 0 aliphatic rings. The second-order valence-corrected chi connectivity index (χ2v) is 9.49. The molecule has 0 fully saturated rings. The minimum atomic E-state index is -0.961. The van der Waals surface area contributed by atoms with Gasteiger partial charge in [0, 0.05) is 12.1 Å². The minimum Gasteiger partial charge on any atom is -0.466 e. The van der Waals surface area contributed by atoms with Crippen LogP contribution < -0.4 is 5.32 Å². The number of benzene rings is 2. The van der Waals surface area contributed by atoms with E-state index in [0.29, 0.717) is 24.3 Å². The van der Waals surface area contributed by atoms with E-state index < -0.39 is 17.1 Å². The van der Waals surface area contributed by atoms with Crippen molar-refractivity contribution in [2.75, 3.05) is 11.9 Å². The first-order valence-corrected chi connectivity index (χ1v) is 11.4. The largest absolute Gasteiger partial charge is 0.466 e. The van der Waals surface area contributed by atoms with Crippen molar-refractivity contribution in [3.05, 3.63) is 65.2 Å². The van der Waals surface area contributed by atoms with E-state index in [9.17, 15) is 14.4 Å². The van der Waals surface area contributed by atoms with Crippen molar-refractivity contribution in [2.45, 2.75) is 72.0 Å². The van der Waals surface area contributed by atoms with Gasteiger partial charge in [-0.25, -0.2) is 4.79 Å². The predicted molar refractivity (Wildman–Crippen MR) is 131 cm³/mol. The van der Waals surface area contributed by atoms with Crippen molar-refractivity contribution in [3.8, 4) is 0 Å². The molecule has 7 nitrogen and oxygen atoms in total. The molecule has 2 rings (SSSR count). The van der Waals surface area contributed by atoms with Crippen LogP contribution in [-0.4, -0.2) is 30.2 Å². The molecule has 0 bridgehead atoms. The second-order valence-electron chi connectivity index (χ2n) is 9.49. The van der Waals surface area contributed by atoms with Crippen LogP contribution in [0.4, 0.5) is 10.5 Å². The average molecular weight is 470 g/mol. The van der Waals surface area contributed by atoms with E-state index in [0.717, 1.165) is 11.1 Å². The molecule has 2 aromatic rings. The van der Waals surface area contributed by atoms with Crippen molar-refractivity contribution >= 4 is 23.7 Å². The number of anilines is 1. The van der Waals surface area contributed by atoms with Gasteiger partial charge in [-0.05, 0) is 70.7 Å². The Morgan fingerprint density at radius 3 is 2.21 bits per heavy atom. The summed E-state index contributed by atoms with van der Waals surface area (Å²) in [6.07, 6.45) is -0.107. The zero-order valence-electron chi connectivity index (χ0n) is 20.9. The van der Waals surface area contributed by atoms with Crippen molar-refractivity contribution in [1.29, 1.82) is 0 Å². The SMILES string of the molecule is CCOC(=O)CCc1ccc(C(C)(C)C(=O)OC(C)(C)C)cc1NC(=O)OCc1ccccc1. The lowest BCUT2D eigenvalue weighted by Crippen LogP contribution is -2.36. The summed E-state index contributed by atoms with van der Waals surface area (Å²) in [6.45, 7) is 11.2. The molecule has 0 spiro atoms. The second kappa shape index (κ2) is 11.7. The third-order valence-corrected chi connectivity index (χ3v) is 5.09. The predicted octanol–water partition coefficient (Wildman–Crippen LogP) is 5.55. The molecule has 0 saturated carbocycles. The summed E-state index contributed by atoms with van der Waals surface area (Å²) in [4.78, 5) is 37.3. The smallest absolute Gasteiger partial charge is 0.411 e. The first-order valence-electron chi connectivity index (χ1n) is 11.4. The van der Waals surface area contributed by atoms with Crippen molar-refractivity contribution in [2.24, 2.45) is 0 Å². The Hall–Kier alpha value is -3.35. The molecule has 1 amide bonds. The van der Waals surface area contributed by atoms with Gasteiger partial charge < -0.3 is 14.2 Å². The van der Waals surface area contributed by atoms with Gasteiger partial charge in [-0.15, -0.1) is 0 Å². The fourth-order valence-corrected chi connectivity index (χ4v) is 3.16. The number of amides is 1. The van der Waals surface area contributed by atoms with E-state index in [2.05, 4.69) is 5.32 Å². The number of carbonyl (C=O) groups is 3. The maximum Gasteiger partial charge on any atom is 0.411 e. The number of carbonyl (C=O) groups excluding carboxylic acids is 3. The Morgan fingerprint density at radius 1 is 0.912 bits per heavy atom. The molecular weight excluding hydrogens is 434 g/mol. The van der Waals surface area contributed by atoms with Gasteiger partial charge in [-0.1, -0.05) is 42.5 Å². The quantitative estimate of drug-likeness (QED) is 0.382. The molecule has 184 valence electrons. The van der Waals surface area contributed by atoms with Crippen LogP contribution in [0.2, 0.25) is 0 Å². The van der Waals surface area contributed by atoms with Crippen LogP contribution in [0.15, 0.2) is 48.5 Å². The number of ether oxygens (including phenoxy) is 3. The third-order valence-electron chi connectivity index (χ3n) is 5.09. The topological polar surface area (TPSA) is 90.9 Å². The third kappa shape index (κ3) is 8.21. The molecule has 1 N–H and O–H groups in total. The van der Waals surface area contributed by atoms with Gasteiger partial charge >= 0.3 is 18.0 Å². The maximum atomic E-state index is 12.9. The lowest BCUT2D eigenvalue weighted by atomic mass is 9.83. The molecule has 0 unspecified atom stereocenters. The molecule has 0 heterocycles. The zero-order chi connectivity index (χ0) is 25.4. The molecular formula is C27H35NO6. The summed E-state index contributed by atoms with van der Waals surface area (Å²) in [7, 11) is 0. The molecule has 34 heavy (non-hydrogen) atoms. The molecule has 0 aromatic heterocycles. The number of nitrogens with one attached hydrogen (secondary N) is 1. The monoisotopic (exact) mass is 469 g/mol. The summed E-state index contributed by atoms with van der Waals surface area (Å²) in [5.74, 6) is -0.699. The number of hydrogen-bond donors (Lipinski definition) is 1. The van der Waals surface area contributed by atoms with E-state index in [1.807, 2.05) is 57.2 Å². The summed E-state index contributed by atoms with van der Waals surface area (Å²) in [5.41, 5.74) is 1.14. The standard InChI is InChI=1S/C27H35NO6/c1-7-32-23(29)16-14-20-13-15-21(27(5,6)24(30)34-26(2,3)4)17-22(20)28-25(31)33-18-19-11-9-8-10-12-19/h8-13,15,17H,7,14,16,18H2,1-6H3,(H,28,31). The normalized spacial score (nSPS) is 11.5. The highest BCUT2D eigenvalue weighted by molar-refractivity contribution is 5.88. The Balaban J connectivity index is 2.25. The minimum absolute atomic E-state index is 0.119. The van der Waals surface area contributed by atoms with E-state index >= 15 is 0 Å². The first-order chi connectivity index (χ1) is 15.9. The highest BCUT2D eigenvalue weighted by atomic mass is 16.6. The van der Waals surface area contributed by atoms with Crippen LogP contribution in [0, 0.1) is 0 Å². The van der Waals surface area contributed by atoms with Crippen LogP contribution in [0.5, 0.6) is 0 Å². The van der Waals surface area contributed by atoms with Crippen LogP contribution >= 0.6 is 0 Å². The van der Waals surface area contributed by atoms with Crippen molar-refractivity contribution in [3.63, 3.8) is 0 Å². The Morgan fingerprint density at radius 2 is 1.59 bits per heavy atom. The number of aryl methyl sites for hydroxylation is 1. The van der Waals surface area contributed by atoms with Gasteiger partial charge in [0.25, 0.3) is 0 Å². The lowest BCUT2D eigenvalue weighted by Gasteiger charge is -2.29. The van der Waals surface area contributed by atoms with E-state index in [4.69, 9.17) is 14.2 Å². The highest BCUT2D eigenvalue weighted by Crippen LogP contribution is 2.31. The Labute approximate surface area is 201 Å². The van der Waals surface area contributed by atoms with E-state index in [1.54, 1.807) is 32.9 Å². The Kier molecular flexibility index (Phi) is 9.24. The van der Waals surface area contributed by atoms with Gasteiger partial charge in [0.2, 0.25) is 0 Å². The molecule has 7 heteroatoms. The van der Waals surface area contributed by atoms with Gasteiger partial charge in [0.05, 0.1) is 12.0 Å². The molecule has 0 saturated heterocycles. The van der Waals surface area contributed by atoms with Crippen LogP contribution in [0.3, 0.4) is 0 Å². The molecule has 0 aliphatic heterocycles. The summed E-state index contributed by atoms with van der Waals surface area (Å²) in [6, 6.07) is 14.7. The summed E-state index contributed by atoms with van der Waals surface area (Å²) in [5, 5.41) is 2.77. The average Bonchev–Trinajstić information content (AvgIpc) is 2.76. The zero-order valence-corrected chi connectivity index (χ0v) is 20.9. The molecule has 0 radical (unpaired) electrons. The van der Waals surface area contributed by atoms with Crippen LogP contribution in [-0.2, 0) is 42.2 Å². The highest BCUT2D eigenvalue weighted by Gasteiger charge is 2.35. The van der Waals surface area contributed by atoms with Crippen molar-refractivity contribution in [1.82, 2.24) is 0 Å². The molecule has 2 aromatic carbocycles. The van der Waals surface area contributed by atoms with Crippen LogP contribution in [0.1, 0.15) is 64.7 Å². The van der Waals surface area contributed by atoms with Crippen LogP contribution in [0.25, 0.3) is 0 Å². The van der Waals surface area contributed by atoms with Gasteiger partial charge in [0.1, 0.15) is 12.2 Å². The maximum absolute atomic E-state index is 12.9. The van der Waals surface area contributed by atoms with E-state index in [1.165, 1.54) is 0 Å². The number of rotatable bonds is 9. The summed E-state index contributed by atoms with van der Waals surface area (Å²) < 4.78 is 16.0. The number of hydrogen-bond acceptors (Lipinski definition) is 6. The van der Waals surface area contributed by atoms with Gasteiger partial charge in [-0.3, -0.25) is 14.9 Å². The molecule has 0 aliphatic carbocycles. The molecule has 0 atom stereocenters. The fourth-order valence-electron chi connectivity index (χ4n) is 3.16. The fraction of sp³-hybridized carbons (Fsp3) is 0.444. The van der Waals surface area contributed by atoms with Crippen molar-refractivity contribution < 1.29 is 28.6 Å². The first kappa shape index (κ1) is 26.9. The summed E-state index contributed by atoms with van der Waals surface area (Å²) >= 11 is 0. The number of esters is 2. The Bertz CT molecular complexity index is 992. The lowest BCUT2D eigenvalue weighted by molar-refractivity contribution is -0.160. The van der Waals surface area contributed by atoms with Gasteiger partial charge in [0.15, 0.2) is 0 Å². The van der Waals surface area contributed by atoms with Gasteiger partial charge in [-0.2, -0.15) is 0 Å².